The number of thioether (sulfide) groups is 1. The summed E-state index contributed by atoms with van der Waals surface area (Å²) in [6, 6.07) is 8.57. The van der Waals surface area contributed by atoms with Crippen molar-refractivity contribution in [1.29, 1.82) is 0 Å². The lowest BCUT2D eigenvalue weighted by molar-refractivity contribution is 0.308. The second kappa shape index (κ2) is 4.79. The average molecular weight is 355 g/mol. The van der Waals surface area contributed by atoms with Crippen molar-refractivity contribution in [3.8, 4) is 0 Å². The van der Waals surface area contributed by atoms with Crippen molar-refractivity contribution in [2.45, 2.75) is 35.5 Å². The van der Waals surface area contributed by atoms with Crippen LogP contribution in [-0.4, -0.2) is 15.2 Å². The lowest BCUT2D eigenvalue weighted by Gasteiger charge is -2.39. The first-order valence-electron chi connectivity index (χ1n) is 8.75. The number of hydrogen-bond acceptors (Lipinski definition) is 3. The van der Waals surface area contributed by atoms with E-state index in [1.54, 1.807) is 0 Å². The molecule has 2 saturated carbocycles. The Morgan fingerprint density at radius 1 is 1.12 bits per heavy atom. The summed E-state index contributed by atoms with van der Waals surface area (Å²) in [5.41, 5.74) is 2.60. The molecule has 0 unspecified atom stereocenters. The monoisotopic (exact) mass is 354 g/mol. The third-order valence-electron chi connectivity index (χ3n) is 6.42. The van der Waals surface area contributed by atoms with Crippen LogP contribution in [0.15, 0.2) is 40.3 Å². The van der Waals surface area contributed by atoms with Crippen molar-refractivity contribution in [1.82, 2.24) is 9.97 Å². The number of aromatic amines is 2. The van der Waals surface area contributed by atoms with E-state index >= 15 is 0 Å². The first-order valence-corrected chi connectivity index (χ1v) is 10.4. The number of benzene rings is 1. The molecule has 24 heavy (non-hydrogen) atoms. The van der Waals surface area contributed by atoms with E-state index in [1.807, 2.05) is 11.8 Å². The Balaban J connectivity index is 1.61. The molecule has 6 rings (SSSR count). The maximum absolute atomic E-state index is 12.1. The molecule has 2 aromatic heterocycles. The van der Waals surface area contributed by atoms with E-state index in [9.17, 15) is 4.79 Å². The minimum atomic E-state index is 0.102. The Morgan fingerprint density at radius 2 is 2.00 bits per heavy atom. The SMILES string of the molecule is O=c1[nH]c2c(s1)[C@H](c1c[nH]c3ccccc13)[C@@H]1[C@H]3CC[C@@H](C3)[C@@H]1S2. The summed E-state index contributed by atoms with van der Waals surface area (Å²) in [5.74, 6) is 2.74. The number of H-pyrrole nitrogens is 2. The summed E-state index contributed by atoms with van der Waals surface area (Å²) in [5, 5.41) is 3.15. The summed E-state index contributed by atoms with van der Waals surface area (Å²) in [6.07, 6.45) is 6.34. The molecular weight excluding hydrogens is 336 g/mol. The zero-order valence-electron chi connectivity index (χ0n) is 13.1. The van der Waals surface area contributed by atoms with Crippen LogP contribution in [0.25, 0.3) is 10.9 Å². The minimum Gasteiger partial charge on any atom is -0.361 e. The zero-order valence-corrected chi connectivity index (χ0v) is 14.8. The van der Waals surface area contributed by atoms with E-state index in [0.717, 1.165) is 16.9 Å². The van der Waals surface area contributed by atoms with Crippen LogP contribution >= 0.6 is 23.1 Å². The van der Waals surface area contributed by atoms with Gasteiger partial charge in [-0.25, -0.2) is 0 Å². The number of rotatable bonds is 1. The second-order valence-electron chi connectivity index (χ2n) is 7.47. The number of fused-ring (bicyclic) bond motifs is 7. The molecule has 2 bridgehead atoms. The van der Waals surface area contributed by atoms with Gasteiger partial charge in [0.25, 0.3) is 0 Å². The van der Waals surface area contributed by atoms with E-state index in [2.05, 4.69) is 40.4 Å². The van der Waals surface area contributed by atoms with Gasteiger partial charge in [-0.15, -0.1) is 11.8 Å². The molecule has 2 aliphatic carbocycles. The summed E-state index contributed by atoms with van der Waals surface area (Å²) < 4.78 is 0. The van der Waals surface area contributed by atoms with Gasteiger partial charge in [-0.2, -0.15) is 0 Å². The van der Waals surface area contributed by atoms with Crippen LogP contribution in [0.4, 0.5) is 0 Å². The summed E-state index contributed by atoms with van der Waals surface area (Å²) in [6.45, 7) is 0. The first kappa shape index (κ1) is 13.8. The fourth-order valence-corrected chi connectivity index (χ4v) is 8.43. The topological polar surface area (TPSA) is 48.6 Å². The molecule has 0 radical (unpaired) electrons. The predicted molar refractivity (Wildman–Crippen MR) is 99.0 cm³/mol. The third-order valence-corrected chi connectivity index (χ3v) is 9.05. The van der Waals surface area contributed by atoms with Crippen LogP contribution < -0.4 is 4.87 Å². The molecule has 0 spiro atoms. The molecular formula is C19H18N2OS2. The largest absolute Gasteiger partial charge is 0.361 e. The quantitative estimate of drug-likeness (QED) is 0.672. The lowest BCUT2D eigenvalue weighted by Crippen LogP contribution is -2.33. The van der Waals surface area contributed by atoms with Gasteiger partial charge in [0.1, 0.15) is 0 Å². The molecule has 2 fully saturated rings. The van der Waals surface area contributed by atoms with Crippen LogP contribution in [0.3, 0.4) is 0 Å². The summed E-state index contributed by atoms with van der Waals surface area (Å²) in [4.78, 5) is 20.0. The molecule has 5 atom stereocenters. The van der Waals surface area contributed by atoms with Crippen molar-refractivity contribution in [2.75, 3.05) is 0 Å². The first-order chi connectivity index (χ1) is 11.8. The summed E-state index contributed by atoms with van der Waals surface area (Å²) in [7, 11) is 0. The molecule has 3 aliphatic rings. The highest BCUT2D eigenvalue weighted by Crippen LogP contribution is 2.64. The number of nitrogens with one attached hydrogen (secondary N) is 2. The van der Waals surface area contributed by atoms with Crippen molar-refractivity contribution in [2.24, 2.45) is 17.8 Å². The van der Waals surface area contributed by atoms with Crippen molar-refractivity contribution >= 4 is 34.0 Å². The van der Waals surface area contributed by atoms with Gasteiger partial charge in [-0.3, -0.25) is 4.79 Å². The number of para-hydroxylation sites is 1. The van der Waals surface area contributed by atoms with E-state index < -0.39 is 0 Å². The predicted octanol–water partition coefficient (Wildman–Crippen LogP) is 4.57. The van der Waals surface area contributed by atoms with Gasteiger partial charge < -0.3 is 9.97 Å². The smallest absolute Gasteiger partial charge is 0.305 e. The zero-order chi connectivity index (χ0) is 15.8. The van der Waals surface area contributed by atoms with Gasteiger partial charge in [0, 0.05) is 33.1 Å². The van der Waals surface area contributed by atoms with Crippen LogP contribution in [0.1, 0.15) is 35.6 Å². The molecule has 0 saturated heterocycles. The normalized spacial score (nSPS) is 33.8. The molecule has 1 aliphatic heterocycles. The van der Waals surface area contributed by atoms with Gasteiger partial charge in [0.2, 0.25) is 0 Å². The van der Waals surface area contributed by atoms with Crippen LogP contribution in [-0.2, 0) is 0 Å². The molecule has 3 heterocycles. The highest BCUT2D eigenvalue weighted by Gasteiger charge is 2.55. The van der Waals surface area contributed by atoms with E-state index in [0.29, 0.717) is 17.1 Å². The number of thiazole rings is 1. The van der Waals surface area contributed by atoms with E-state index in [4.69, 9.17) is 0 Å². The van der Waals surface area contributed by atoms with Crippen LogP contribution in [0, 0.1) is 17.8 Å². The van der Waals surface area contributed by atoms with Gasteiger partial charge in [0.15, 0.2) is 0 Å². The molecule has 2 N–H and O–H groups in total. The second-order valence-corrected chi connectivity index (χ2v) is 9.67. The molecule has 122 valence electrons. The van der Waals surface area contributed by atoms with E-state index in [1.165, 1.54) is 51.9 Å². The Morgan fingerprint density at radius 3 is 2.96 bits per heavy atom. The van der Waals surface area contributed by atoms with Crippen LogP contribution in [0.2, 0.25) is 0 Å². The molecule has 1 aromatic carbocycles. The highest BCUT2D eigenvalue weighted by atomic mass is 32.2. The Kier molecular flexibility index (Phi) is 2.75. The maximum Gasteiger partial charge on any atom is 0.305 e. The Bertz CT molecular complexity index is 1000. The van der Waals surface area contributed by atoms with Gasteiger partial charge in [-0.05, 0) is 48.6 Å². The van der Waals surface area contributed by atoms with Crippen LogP contribution in [0.5, 0.6) is 0 Å². The van der Waals surface area contributed by atoms with Gasteiger partial charge in [-0.1, -0.05) is 29.5 Å². The van der Waals surface area contributed by atoms with Crippen molar-refractivity contribution < 1.29 is 0 Å². The molecule has 5 heteroatoms. The van der Waals surface area contributed by atoms with Crippen molar-refractivity contribution in [3.63, 3.8) is 0 Å². The highest BCUT2D eigenvalue weighted by molar-refractivity contribution is 8.00. The van der Waals surface area contributed by atoms with E-state index in [-0.39, 0.29) is 4.87 Å². The molecule has 0 amide bonds. The number of aromatic nitrogens is 2. The minimum absolute atomic E-state index is 0.102. The van der Waals surface area contributed by atoms with Crippen molar-refractivity contribution in [3.05, 3.63) is 50.6 Å². The van der Waals surface area contributed by atoms with Gasteiger partial charge in [0.05, 0.1) is 5.03 Å². The fraction of sp³-hybridized carbons (Fsp3) is 0.421. The maximum atomic E-state index is 12.1. The Hall–Kier alpha value is -1.46. The fourth-order valence-electron chi connectivity index (χ4n) is 5.55. The standard InChI is InChI=1S/C19H18N2OS2/c22-19-21-18-17(24-19)15(12-8-20-13-4-2-1-3-11(12)13)14-9-5-6-10(7-9)16(14)23-18/h1-4,8-10,14-16,20H,5-7H2,(H,21,22)/t9-,10-,14-,15+,16-/m0/s1. The molecule has 3 aromatic rings. The van der Waals surface area contributed by atoms with Gasteiger partial charge >= 0.3 is 4.87 Å². The lowest BCUT2D eigenvalue weighted by atomic mass is 9.75. The molecule has 3 nitrogen and oxygen atoms in total. The number of hydrogen-bond donors (Lipinski definition) is 2. The summed E-state index contributed by atoms with van der Waals surface area (Å²) >= 11 is 3.40. The third kappa shape index (κ3) is 1.72. The average Bonchev–Trinajstić information content (AvgIpc) is 3.34. The Labute approximate surface area is 147 Å².